The first-order chi connectivity index (χ1) is 12.3. The summed E-state index contributed by atoms with van der Waals surface area (Å²) >= 11 is 0. The summed E-state index contributed by atoms with van der Waals surface area (Å²) in [7, 11) is -3.51. The number of amides is 1. The topological polar surface area (TPSA) is 81.1 Å². The molecule has 3 rings (SSSR count). The zero-order chi connectivity index (χ0) is 18.7. The molecule has 0 spiro atoms. The van der Waals surface area contributed by atoms with Crippen LogP contribution in [0.15, 0.2) is 65.6 Å². The molecule has 0 radical (unpaired) electrons. The van der Waals surface area contributed by atoms with Gasteiger partial charge < -0.3 is 5.32 Å². The number of hydrogen-bond acceptors (Lipinski definition) is 4. The van der Waals surface area contributed by atoms with Crippen LogP contribution in [0.5, 0.6) is 0 Å². The van der Waals surface area contributed by atoms with Crippen molar-refractivity contribution in [3.8, 4) is 0 Å². The normalized spacial score (nSPS) is 11.3. The van der Waals surface area contributed by atoms with Crippen LogP contribution in [0.1, 0.15) is 21.6 Å². The number of aromatic nitrogens is 2. The van der Waals surface area contributed by atoms with Gasteiger partial charge in [0.25, 0.3) is 5.91 Å². The van der Waals surface area contributed by atoms with E-state index in [9.17, 15) is 13.2 Å². The maximum Gasteiger partial charge on any atom is 0.258 e. The molecular weight excluding hydrogens is 350 g/mol. The Bertz CT molecular complexity index is 1040. The van der Waals surface area contributed by atoms with Gasteiger partial charge in [-0.25, -0.2) is 13.1 Å². The van der Waals surface area contributed by atoms with Crippen LogP contribution in [0.4, 0.5) is 5.82 Å². The van der Waals surface area contributed by atoms with E-state index < -0.39 is 15.7 Å². The van der Waals surface area contributed by atoms with Gasteiger partial charge >= 0.3 is 0 Å². The van der Waals surface area contributed by atoms with E-state index in [0.29, 0.717) is 12.4 Å². The van der Waals surface area contributed by atoms with Crippen molar-refractivity contribution in [1.82, 2.24) is 9.78 Å². The summed E-state index contributed by atoms with van der Waals surface area (Å²) in [5.74, 6) is 0.0277. The number of benzene rings is 2. The van der Waals surface area contributed by atoms with Crippen LogP contribution in [0.25, 0.3) is 0 Å². The summed E-state index contributed by atoms with van der Waals surface area (Å²) in [6.07, 6.45) is 1.09. The largest absolute Gasteiger partial charge is 0.307 e. The summed E-state index contributed by atoms with van der Waals surface area (Å²) in [4.78, 5) is 12.7. The van der Waals surface area contributed by atoms with Gasteiger partial charge in [0, 0.05) is 12.3 Å². The summed E-state index contributed by atoms with van der Waals surface area (Å²) < 4.78 is 25.5. The molecule has 1 heterocycles. The highest BCUT2D eigenvalue weighted by Gasteiger charge is 2.19. The van der Waals surface area contributed by atoms with Crippen molar-refractivity contribution in [3.05, 3.63) is 77.5 Å². The minimum atomic E-state index is -3.51. The molecule has 0 unspecified atom stereocenters. The molecule has 6 nitrogen and oxygen atoms in total. The van der Waals surface area contributed by atoms with Crippen molar-refractivity contribution in [1.29, 1.82) is 0 Å². The average molecular weight is 369 g/mol. The number of carbonyl (C=O) groups is 1. The highest BCUT2D eigenvalue weighted by Crippen LogP contribution is 2.19. The third kappa shape index (κ3) is 4.00. The fraction of sp³-hybridized carbons (Fsp3) is 0.158. The Morgan fingerprint density at radius 3 is 2.42 bits per heavy atom. The minimum Gasteiger partial charge on any atom is -0.307 e. The van der Waals surface area contributed by atoms with Crippen molar-refractivity contribution < 1.29 is 13.2 Å². The second-order valence-corrected chi connectivity index (χ2v) is 8.02. The van der Waals surface area contributed by atoms with Gasteiger partial charge in [-0.3, -0.25) is 4.79 Å². The van der Waals surface area contributed by atoms with Gasteiger partial charge in [-0.1, -0.05) is 42.5 Å². The second kappa shape index (κ2) is 7.13. The van der Waals surface area contributed by atoms with E-state index in [1.54, 1.807) is 22.9 Å². The number of rotatable bonds is 5. The molecule has 7 heteroatoms. The van der Waals surface area contributed by atoms with Gasteiger partial charge in [0.1, 0.15) is 5.82 Å². The quantitative estimate of drug-likeness (QED) is 0.750. The first-order valence-electron chi connectivity index (χ1n) is 8.03. The van der Waals surface area contributed by atoms with Crippen LogP contribution in [-0.4, -0.2) is 30.4 Å². The van der Waals surface area contributed by atoms with E-state index in [-0.39, 0.29) is 10.5 Å². The Morgan fingerprint density at radius 1 is 1.08 bits per heavy atom. The maximum absolute atomic E-state index is 12.7. The maximum atomic E-state index is 12.7. The second-order valence-electron chi connectivity index (χ2n) is 6.04. The molecule has 0 aliphatic rings. The van der Waals surface area contributed by atoms with E-state index in [0.717, 1.165) is 17.5 Å². The van der Waals surface area contributed by atoms with E-state index in [4.69, 9.17) is 0 Å². The van der Waals surface area contributed by atoms with Crippen LogP contribution in [-0.2, 0) is 16.4 Å². The molecule has 0 atom stereocenters. The Labute approximate surface area is 152 Å². The molecule has 2 aromatic carbocycles. The van der Waals surface area contributed by atoms with E-state index in [1.165, 1.54) is 12.1 Å². The molecule has 0 fully saturated rings. The molecule has 1 N–H and O–H groups in total. The molecule has 1 amide bonds. The standard InChI is InChI=1S/C19H19N3O3S/c1-14-12-18(22(21-14)13-15-8-4-3-5-9-15)20-19(23)16-10-6-7-11-17(16)26(2,24)25/h3-12H,13H2,1-2H3,(H,20,23). The summed E-state index contributed by atoms with van der Waals surface area (Å²) in [6.45, 7) is 2.33. The lowest BCUT2D eigenvalue weighted by molar-refractivity contribution is 0.102. The lowest BCUT2D eigenvalue weighted by Crippen LogP contribution is -2.18. The summed E-state index contributed by atoms with van der Waals surface area (Å²) in [5.41, 5.74) is 1.91. The fourth-order valence-corrected chi connectivity index (χ4v) is 3.57. The lowest BCUT2D eigenvalue weighted by atomic mass is 10.2. The molecule has 0 saturated carbocycles. The van der Waals surface area contributed by atoms with Gasteiger partial charge in [-0.15, -0.1) is 0 Å². The summed E-state index contributed by atoms with van der Waals surface area (Å²) in [5, 5.41) is 7.19. The Hall–Kier alpha value is -2.93. The van der Waals surface area contributed by atoms with Crippen molar-refractivity contribution in [2.45, 2.75) is 18.4 Å². The third-order valence-electron chi connectivity index (χ3n) is 3.85. The predicted molar refractivity (Wildman–Crippen MR) is 100 cm³/mol. The number of hydrogen-bond donors (Lipinski definition) is 1. The first-order valence-corrected chi connectivity index (χ1v) is 9.92. The van der Waals surface area contributed by atoms with Gasteiger partial charge in [0.15, 0.2) is 9.84 Å². The predicted octanol–water partition coefficient (Wildman–Crippen LogP) is 2.90. The van der Waals surface area contributed by atoms with Gasteiger partial charge in [-0.2, -0.15) is 5.10 Å². The monoisotopic (exact) mass is 369 g/mol. The van der Waals surface area contributed by atoms with Gasteiger partial charge in [0.05, 0.1) is 22.7 Å². The van der Waals surface area contributed by atoms with Crippen LogP contribution >= 0.6 is 0 Å². The Kier molecular flexibility index (Phi) is 4.90. The molecule has 0 aliphatic heterocycles. The zero-order valence-electron chi connectivity index (χ0n) is 14.5. The van der Waals surface area contributed by atoms with E-state index >= 15 is 0 Å². The number of nitrogens with zero attached hydrogens (tertiary/aromatic N) is 2. The number of aryl methyl sites for hydroxylation is 1. The summed E-state index contributed by atoms with van der Waals surface area (Å²) in [6, 6.07) is 17.7. The van der Waals surface area contributed by atoms with Gasteiger partial charge in [0.2, 0.25) is 0 Å². The number of sulfone groups is 1. The molecule has 3 aromatic rings. The highest BCUT2D eigenvalue weighted by molar-refractivity contribution is 7.90. The molecule has 0 saturated heterocycles. The molecule has 1 aromatic heterocycles. The molecular formula is C19H19N3O3S. The van der Waals surface area contributed by atoms with Crippen LogP contribution in [0.2, 0.25) is 0 Å². The number of anilines is 1. The van der Waals surface area contributed by atoms with Crippen molar-refractivity contribution >= 4 is 21.6 Å². The van der Waals surface area contributed by atoms with E-state index in [1.807, 2.05) is 37.3 Å². The first kappa shape index (κ1) is 17.9. The Balaban J connectivity index is 1.90. The third-order valence-corrected chi connectivity index (χ3v) is 5.00. The van der Waals surface area contributed by atoms with Crippen molar-refractivity contribution in [3.63, 3.8) is 0 Å². The molecule has 134 valence electrons. The highest BCUT2D eigenvalue weighted by atomic mass is 32.2. The van der Waals surface area contributed by atoms with Gasteiger partial charge in [-0.05, 0) is 24.6 Å². The van der Waals surface area contributed by atoms with Crippen molar-refractivity contribution in [2.75, 3.05) is 11.6 Å². The fourth-order valence-electron chi connectivity index (χ4n) is 2.68. The molecule has 0 bridgehead atoms. The number of carbonyl (C=O) groups excluding carboxylic acids is 1. The van der Waals surface area contributed by atoms with E-state index in [2.05, 4.69) is 10.4 Å². The van der Waals surface area contributed by atoms with Crippen molar-refractivity contribution in [2.24, 2.45) is 0 Å². The van der Waals surface area contributed by atoms with Crippen LogP contribution in [0, 0.1) is 6.92 Å². The zero-order valence-corrected chi connectivity index (χ0v) is 15.3. The average Bonchev–Trinajstić information content (AvgIpc) is 2.94. The molecule has 26 heavy (non-hydrogen) atoms. The minimum absolute atomic E-state index is 0.00310. The van der Waals surface area contributed by atoms with Crippen LogP contribution < -0.4 is 5.32 Å². The SMILES string of the molecule is Cc1cc(NC(=O)c2ccccc2S(C)(=O)=O)n(Cc2ccccc2)n1. The van der Waals surface area contributed by atoms with Crippen LogP contribution in [0.3, 0.4) is 0 Å². The molecule has 0 aliphatic carbocycles. The smallest absolute Gasteiger partial charge is 0.258 e. The Morgan fingerprint density at radius 2 is 1.73 bits per heavy atom. The number of nitrogens with one attached hydrogen (secondary N) is 1. The lowest BCUT2D eigenvalue weighted by Gasteiger charge is -2.11.